The molecule has 0 fully saturated rings. The molecule has 14 heavy (non-hydrogen) atoms. The molecule has 0 aromatic heterocycles. The van der Waals surface area contributed by atoms with Crippen molar-refractivity contribution in [3.8, 4) is 11.5 Å². The van der Waals surface area contributed by atoms with Crippen LogP contribution in [0.25, 0.3) is 0 Å². The van der Waals surface area contributed by atoms with E-state index in [2.05, 4.69) is 0 Å². The summed E-state index contributed by atoms with van der Waals surface area (Å²) < 4.78 is 4.83. The molecule has 1 rings (SSSR count). The lowest BCUT2D eigenvalue weighted by Gasteiger charge is -2.01. The van der Waals surface area contributed by atoms with Crippen LogP contribution < -0.4 is 10.5 Å². The molecule has 1 aromatic carbocycles. The van der Waals surface area contributed by atoms with Crippen molar-refractivity contribution < 1.29 is 9.84 Å². The highest BCUT2D eigenvalue weighted by Gasteiger charge is 1.96. The molecule has 0 unspecified atom stereocenters. The first-order valence-electron chi connectivity index (χ1n) is 4.86. The molecule has 0 radical (unpaired) electrons. The van der Waals surface area contributed by atoms with Crippen molar-refractivity contribution in [1.29, 1.82) is 0 Å². The Hall–Kier alpha value is -1.38. The summed E-state index contributed by atoms with van der Waals surface area (Å²) >= 11 is 0. The Morgan fingerprint density at radius 3 is 2.00 bits per heavy atom. The zero-order valence-electron chi connectivity index (χ0n) is 9.66. The molecule has 0 saturated heterocycles. The summed E-state index contributed by atoms with van der Waals surface area (Å²) in [5, 5.41) is 9.03. The maximum absolute atomic E-state index is 9.03. The molecule has 0 saturated carbocycles. The second-order valence-corrected chi connectivity index (χ2v) is 1.92. The minimum absolute atomic E-state index is 0.0550. The number of phenolic OH excluding ortho intramolecular Hbond substituents is 1. The van der Waals surface area contributed by atoms with Gasteiger partial charge in [-0.25, -0.2) is 0 Å². The second-order valence-electron chi connectivity index (χ2n) is 1.92. The maximum atomic E-state index is 9.03. The summed E-state index contributed by atoms with van der Waals surface area (Å²) in [4.78, 5) is 0. The van der Waals surface area contributed by atoms with E-state index in [0.29, 0.717) is 11.4 Å². The molecule has 3 N–H and O–H groups in total. The minimum atomic E-state index is 0.0550. The Balaban J connectivity index is 0. The average molecular weight is 199 g/mol. The average Bonchev–Trinajstić information content (AvgIpc) is 2.28. The Kier molecular flexibility index (Phi) is 10.5. The smallest absolute Gasteiger partial charge is 0.142 e. The predicted octanol–water partition coefficient (Wildman–Crippen LogP) is 3.04. The van der Waals surface area contributed by atoms with E-state index in [9.17, 15) is 0 Å². The van der Waals surface area contributed by atoms with Gasteiger partial charge in [-0.3, -0.25) is 0 Å². The van der Waals surface area contributed by atoms with Crippen molar-refractivity contribution in [2.45, 2.75) is 27.7 Å². The Bertz CT molecular complexity index is 237. The lowest BCUT2D eigenvalue weighted by Crippen LogP contribution is -1.86. The molecule has 0 heterocycles. The van der Waals surface area contributed by atoms with Crippen LogP contribution in [-0.4, -0.2) is 12.2 Å². The van der Waals surface area contributed by atoms with Gasteiger partial charge in [0.2, 0.25) is 0 Å². The van der Waals surface area contributed by atoms with Crippen LogP contribution in [0.4, 0.5) is 5.69 Å². The van der Waals surface area contributed by atoms with Crippen LogP contribution in [0, 0.1) is 0 Å². The first-order chi connectivity index (χ1) is 6.74. The van der Waals surface area contributed by atoms with Crippen LogP contribution >= 0.6 is 0 Å². The number of benzene rings is 1. The van der Waals surface area contributed by atoms with Gasteiger partial charge in [0.1, 0.15) is 11.5 Å². The van der Waals surface area contributed by atoms with E-state index in [-0.39, 0.29) is 5.75 Å². The number of phenols is 1. The Morgan fingerprint density at radius 1 is 1.14 bits per heavy atom. The van der Waals surface area contributed by atoms with Crippen LogP contribution in [0.15, 0.2) is 18.2 Å². The van der Waals surface area contributed by atoms with Gasteiger partial charge in [0.05, 0.1) is 12.8 Å². The zero-order chi connectivity index (χ0) is 11.6. The van der Waals surface area contributed by atoms with Gasteiger partial charge in [0.25, 0.3) is 0 Å². The van der Waals surface area contributed by atoms with E-state index >= 15 is 0 Å². The largest absolute Gasteiger partial charge is 0.506 e. The second kappa shape index (κ2) is 9.71. The normalized spacial score (nSPS) is 7.50. The molecule has 3 nitrogen and oxygen atoms in total. The summed E-state index contributed by atoms with van der Waals surface area (Å²) in [5.74, 6) is 0.658. The van der Waals surface area contributed by atoms with Crippen molar-refractivity contribution in [2.24, 2.45) is 0 Å². The van der Waals surface area contributed by atoms with Gasteiger partial charge < -0.3 is 15.6 Å². The topological polar surface area (TPSA) is 55.5 Å². The van der Waals surface area contributed by atoms with Gasteiger partial charge in [-0.2, -0.15) is 0 Å². The molecule has 0 atom stereocenters. The van der Waals surface area contributed by atoms with Gasteiger partial charge >= 0.3 is 0 Å². The Morgan fingerprint density at radius 2 is 1.64 bits per heavy atom. The third-order valence-corrected chi connectivity index (χ3v) is 1.24. The van der Waals surface area contributed by atoms with Crippen LogP contribution in [-0.2, 0) is 0 Å². The highest BCUT2D eigenvalue weighted by molar-refractivity contribution is 5.54. The van der Waals surface area contributed by atoms with Gasteiger partial charge in [-0.05, 0) is 12.1 Å². The third kappa shape index (κ3) is 5.30. The molecule has 82 valence electrons. The molecular weight excluding hydrogens is 178 g/mol. The molecule has 3 heteroatoms. The fourth-order valence-electron chi connectivity index (χ4n) is 0.650. The molecule has 0 amide bonds. The number of ether oxygens (including phenoxy) is 1. The minimum Gasteiger partial charge on any atom is -0.506 e. The van der Waals surface area contributed by atoms with Crippen molar-refractivity contribution in [3.05, 3.63) is 18.2 Å². The first-order valence-corrected chi connectivity index (χ1v) is 4.86. The molecule has 0 aliphatic rings. The highest BCUT2D eigenvalue weighted by atomic mass is 16.5. The van der Waals surface area contributed by atoms with Crippen molar-refractivity contribution in [3.63, 3.8) is 0 Å². The molecule has 0 aliphatic heterocycles. The lowest BCUT2D eigenvalue weighted by molar-refractivity contribution is 0.408. The number of anilines is 1. The van der Waals surface area contributed by atoms with E-state index in [1.165, 1.54) is 13.2 Å². The standard InChI is InChI=1S/C7H9NO2.2C2H6/c1-10-5-2-3-6(8)7(9)4-5;2*1-2/h2-4,9H,8H2,1H3;2*1-2H3. The van der Waals surface area contributed by atoms with Gasteiger partial charge in [0, 0.05) is 6.07 Å². The highest BCUT2D eigenvalue weighted by Crippen LogP contribution is 2.24. The summed E-state index contributed by atoms with van der Waals surface area (Å²) in [6.45, 7) is 8.00. The third-order valence-electron chi connectivity index (χ3n) is 1.24. The van der Waals surface area contributed by atoms with Crippen LogP contribution in [0.5, 0.6) is 11.5 Å². The van der Waals surface area contributed by atoms with Crippen molar-refractivity contribution in [1.82, 2.24) is 0 Å². The number of nitrogen functional groups attached to an aromatic ring is 1. The van der Waals surface area contributed by atoms with Crippen LogP contribution in [0.3, 0.4) is 0 Å². The summed E-state index contributed by atoms with van der Waals surface area (Å²) in [7, 11) is 1.53. The van der Waals surface area contributed by atoms with Gasteiger partial charge in [-0.1, -0.05) is 27.7 Å². The first kappa shape index (κ1) is 15.1. The fraction of sp³-hybridized carbons (Fsp3) is 0.455. The summed E-state index contributed by atoms with van der Waals surface area (Å²) in [6, 6.07) is 4.75. The summed E-state index contributed by atoms with van der Waals surface area (Å²) in [5.41, 5.74) is 5.70. The zero-order valence-corrected chi connectivity index (χ0v) is 9.66. The molecule has 0 bridgehead atoms. The van der Waals surface area contributed by atoms with E-state index in [1.807, 2.05) is 27.7 Å². The van der Waals surface area contributed by atoms with Crippen molar-refractivity contribution in [2.75, 3.05) is 12.8 Å². The van der Waals surface area contributed by atoms with E-state index in [0.717, 1.165) is 0 Å². The fourth-order valence-corrected chi connectivity index (χ4v) is 0.650. The van der Waals surface area contributed by atoms with E-state index < -0.39 is 0 Å². The lowest BCUT2D eigenvalue weighted by atomic mass is 10.3. The quantitative estimate of drug-likeness (QED) is 0.540. The molecule has 0 spiro atoms. The number of hydrogen-bond donors (Lipinski definition) is 2. The number of rotatable bonds is 1. The molecule has 0 aliphatic carbocycles. The maximum Gasteiger partial charge on any atom is 0.142 e. The predicted molar refractivity (Wildman–Crippen MR) is 61.8 cm³/mol. The number of aromatic hydroxyl groups is 1. The van der Waals surface area contributed by atoms with Gasteiger partial charge in [0.15, 0.2) is 0 Å². The van der Waals surface area contributed by atoms with Gasteiger partial charge in [-0.15, -0.1) is 0 Å². The number of nitrogens with two attached hydrogens (primary N) is 1. The molecular formula is C11H21NO2. The summed E-state index contributed by atoms with van der Waals surface area (Å²) in [6.07, 6.45) is 0. The van der Waals surface area contributed by atoms with E-state index in [1.54, 1.807) is 12.1 Å². The SMILES string of the molecule is CC.CC.COc1ccc(N)c(O)c1. The number of hydrogen-bond acceptors (Lipinski definition) is 3. The monoisotopic (exact) mass is 199 g/mol. The molecule has 1 aromatic rings. The van der Waals surface area contributed by atoms with Crippen LogP contribution in [0.1, 0.15) is 27.7 Å². The number of methoxy groups -OCH3 is 1. The Labute approximate surface area is 86.5 Å². The van der Waals surface area contributed by atoms with Crippen LogP contribution in [0.2, 0.25) is 0 Å². The van der Waals surface area contributed by atoms with E-state index in [4.69, 9.17) is 15.6 Å². The van der Waals surface area contributed by atoms with Crippen molar-refractivity contribution >= 4 is 5.69 Å².